The first-order valence-corrected chi connectivity index (χ1v) is 10.6. The molecular weight excluding hydrogens is 429 g/mol. The Morgan fingerprint density at radius 1 is 0.871 bits per heavy atom. The molecule has 0 aromatic heterocycles. The van der Waals surface area contributed by atoms with E-state index in [1.807, 2.05) is 6.92 Å². The lowest BCUT2D eigenvalue weighted by molar-refractivity contribution is -0.136. The lowest BCUT2D eigenvalue weighted by atomic mass is 10.1. The molecule has 1 amide bonds. The van der Waals surface area contributed by atoms with Gasteiger partial charge >= 0.3 is 6.18 Å². The van der Waals surface area contributed by atoms with E-state index in [0.29, 0.717) is 5.56 Å². The number of para-hydroxylation sites is 1. The van der Waals surface area contributed by atoms with Crippen LogP contribution < -0.4 is 10.0 Å². The van der Waals surface area contributed by atoms with Gasteiger partial charge in [-0.2, -0.15) is 13.2 Å². The summed E-state index contributed by atoms with van der Waals surface area (Å²) >= 11 is 0. The Bertz CT molecular complexity index is 1220. The second-order valence-electron chi connectivity index (χ2n) is 6.95. The quantitative estimate of drug-likeness (QED) is 0.551. The summed E-state index contributed by atoms with van der Waals surface area (Å²) < 4.78 is 66.9. The third-order valence-corrected chi connectivity index (χ3v) is 5.93. The van der Waals surface area contributed by atoms with Crippen LogP contribution in [0.2, 0.25) is 0 Å². The number of carbonyl (C=O) groups is 1. The highest BCUT2D eigenvalue weighted by atomic mass is 32.2. The molecule has 3 aromatic rings. The van der Waals surface area contributed by atoms with Gasteiger partial charge in [-0.3, -0.25) is 9.52 Å². The van der Waals surface area contributed by atoms with Crippen molar-refractivity contribution in [2.75, 3.05) is 10.0 Å². The number of halogens is 3. The second-order valence-corrected chi connectivity index (χ2v) is 8.63. The molecule has 0 aliphatic carbocycles. The van der Waals surface area contributed by atoms with Crippen molar-refractivity contribution in [3.63, 3.8) is 0 Å². The number of benzene rings is 3. The molecule has 3 aromatic carbocycles. The molecule has 0 saturated heterocycles. The number of hydrogen-bond acceptors (Lipinski definition) is 3. The minimum atomic E-state index is -4.61. The van der Waals surface area contributed by atoms with Gasteiger partial charge in [0.05, 0.1) is 21.8 Å². The standard InChI is InChI=1S/C22H19F3N2O3S/c1-14-7-10-17(11-8-14)31(29,30)27-19-12-9-16(13-15(19)2)21(28)26-20-6-4-3-5-18(20)22(23,24)25/h3-13,27H,1-2H3,(H,26,28). The molecule has 3 rings (SSSR count). The molecule has 31 heavy (non-hydrogen) atoms. The maximum absolute atomic E-state index is 13.1. The Kier molecular flexibility index (Phi) is 6.08. The van der Waals surface area contributed by atoms with Gasteiger partial charge in [0.1, 0.15) is 0 Å². The predicted molar refractivity (Wildman–Crippen MR) is 113 cm³/mol. The number of hydrogen-bond donors (Lipinski definition) is 2. The molecule has 0 atom stereocenters. The fourth-order valence-electron chi connectivity index (χ4n) is 2.87. The average Bonchev–Trinajstić information content (AvgIpc) is 2.69. The first-order valence-electron chi connectivity index (χ1n) is 9.15. The van der Waals surface area contributed by atoms with Crippen LogP contribution in [0.3, 0.4) is 0 Å². The van der Waals surface area contributed by atoms with Crippen LogP contribution in [0.25, 0.3) is 0 Å². The molecule has 0 bridgehead atoms. The van der Waals surface area contributed by atoms with Crippen LogP contribution >= 0.6 is 0 Å². The third kappa shape index (κ3) is 5.24. The second kappa shape index (κ2) is 8.43. The number of nitrogens with one attached hydrogen (secondary N) is 2. The molecule has 0 spiro atoms. The van der Waals surface area contributed by atoms with Crippen molar-refractivity contribution < 1.29 is 26.4 Å². The highest BCUT2D eigenvalue weighted by molar-refractivity contribution is 7.92. The van der Waals surface area contributed by atoms with Gasteiger partial charge in [0.15, 0.2) is 0 Å². The van der Waals surface area contributed by atoms with E-state index in [0.717, 1.165) is 17.7 Å². The molecular formula is C22H19F3N2O3S. The van der Waals surface area contributed by atoms with E-state index < -0.39 is 27.7 Å². The number of anilines is 2. The van der Waals surface area contributed by atoms with Crippen LogP contribution in [0.5, 0.6) is 0 Å². The van der Waals surface area contributed by atoms with Gasteiger partial charge in [0.25, 0.3) is 15.9 Å². The van der Waals surface area contributed by atoms with Crippen molar-refractivity contribution in [2.45, 2.75) is 24.9 Å². The van der Waals surface area contributed by atoms with Crippen molar-refractivity contribution in [1.82, 2.24) is 0 Å². The van der Waals surface area contributed by atoms with Gasteiger partial charge < -0.3 is 5.32 Å². The van der Waals surface area contributed by atoms with Crippen molar-refractivity contribution in [2.24, 2.45) is 0 Å². The minimum absolute atomic E-state index is 0.0862. The molecule has 0 unspecified atom stereocenters. The van der Waals surface area contributed by atoms with Crippen molar-refractivity contribution in [1.29, 1.82) is 0 Å². The summed E-state index contributed by atoms with van der Waals surface area (Å²) in [6.07, 6.45) is -4.61. The molecule has 0 saturated carbocycles. The molecule has 0 fully saturated rings. The molecule has 9 heteroatoms. The zero-order valence-electron chi connectivity index (χ0n) is 16.6. The maximum atomic E-state index is 13.1. The van der Waals surface area contributed by atoms with Crippen LogP contribution in [0, 0.1) is 13.8 Å². The Balaban J connectivity index is 1.81. The number of alkyl halides is 3. The number of sulfonamides is 1. The summed E-state index contributed by atoms with van der Waals surface area (Å²) in [5, 5.41) is 2.26. The first-order chi connectivity index (χ1) is 14.5. The fourth-order valence-corrected chi connectivity index (χ4v) is 4.01. The summed E-state index contributed by atoms with van der Waals surface area (Å²) in [7, 11) is -3.83. The Hall–Kier alpha value is -3.33. The summed E-state index contributed by atoms with van der Waals surface area (Å²) in [5.41, 5.74) is 0.384. The van der Waals surface area contributed by atoms with Gasteiger partial charge in [0.2, 0.25) is 0 Å². The zero-order chi connectivity index (χ0) is 22.8. The largest absolute Gasteiger partial charge is 0.418 e. The van der Waals surface area contributed by atoms with Gasteiger partial charge in [-0.15, -0.1) is 0 Å². The van der Waals surface area contributed by atoms with Gasteiger partial charge in [0, 0.05) is 5.56 Å². The van der Waals surface area contributed by atoms with Crippen molar-refractivity contribution >= 4 is 27.3 Å². The van der Waals surface area contributed by atoms with E-state index >= 15 is 0 Å². The molecule has 0 heterocycles. The molecule has 5 nitrogen and oxygen atoms in total. The smallest absolute Gasteiger partial charge is 0.321 e. The van der Waals surface area contributed by atoms with Crippen LogP contribution in [-0.4, -0.2) is 14.3 Å². The van der Waals surface area contributed by atoms with Crippen molar-refractivity contribution in [3.05, 3.63) is 89.0 Å². The average molecular weight is 448 g/mol. The Labute approximate surface area is 178 Å². The Morgan fingerprint density at radius 2 is 1.52 bits per heavy atom. The number of carbonyl (C=O) groups excluding carboxylic acids is 1. The SMILES string of the molecule is Cc1ccc(S(=O)(=O)Nc2ccc(C(=O)Nc3ccccc3C(F)(F)F)cc2C)cc1. The number of amides is 1. The number of rotatable bonds is 5. The fraction of sp³-hybridized carbons (Fsp3) is 0.136. The summed E-state index contributed by atoms with van der Waals surface area (Å²) in [6.45, 7) is 3.43. The summed E-state index contributed by atoms with van der Waals surface area (Å²) in [4.78, 5) is 12.6. The molecule has 0 aliphatic heterocycles. The summed E-state index contributed by atoms with van der Waals surface area (Å²) in [6, 6.07) is 15.1. The van der Waals surface area contributed by atoms with Gasteiger partial charge in [-0.1, -0.05) is 29.8 Å². The van der Waals surface area contributed by atoms with Crippen LogP contribution in [0.4, 0.5) is 24.5 Å². The highest BCUT2D eigenvalue weighted by Crippen LogP contribution is 2.34. The molecule has 2 N–H and O–H groups in total. The topological polar surface area (TPSA) is 75.3 Å². The van der Waals surface area contributed by atoms with Crippen LogP contribution in [0.15, 0.2) is 71.6 Å². The van der Waals surface area contributed by atoms with E-state index in [2.05, 4.69) is 10.0 Å². The summed E-state index contributed by atoms with van der Waals surface area (Å²) in [5.74, 6) is -0.743. The molecule has 162 valence electrons. The molecule has 0 aliphatic rings. The van der Waals surface area contributed by atoms with Gasteiger partial charge in [-0.25, -0.2) is 8.42 Å². The van der Waals surface area contributed by atoms with E-state index in [1.54, 1.807) is 19.1 Å². The lowest BCUT2D eigenvalue weighted by Gasteiger charge is -2.15. The maximum Gasteiger partial charge on any atom is 0.418 e. The van der Waals surface area contributed by atoms with Crippen LogP contribution in [-0.2, 0) is 16.2 Å². The highest BCUT2D eigenvalue weighted by Gasteiger charge is 2.33. The van der Waals surface area contributed by atoms with E-state index in [9.17, 15) is 26.4 Å². The number of aryl methyl sites for hydroxylation is 2. The van der Waals surface area contributed by atoms with E-state index in [4.69, 9.17) is 0 Å². The monoisotopic (exact) mass is 448 g/mol. The minimum Gasteiger partial charge on any atom is -0.321 e. The lowest BCUT2D eigenvalue weighted by Crippen LogP contribution is -2.17. The van der Waals surface area contributed by atoms with E-state index in [-0.39, 0.29) is 21.8 Å². The van der Waals surface area contributed by atoms with Crippen LogP contribution in [0.1, 0.15) is 27.0 Å². The van der Waals surface area contributed by atoms with E-state index in [1.165, 1.54) is 42.5 Å². The normalized spacial score (nSPS) is 11.8. The zero-order valence-corrected chi connectivity index (χ0v) is 17.4. The van der Waals surface area contributed by atoms with Gasteiger partial charge in [-0.05, 0) is 61.9 Å². The van der Waals surface area contributed by atoms with Crippen molar-refractivity contribution in [3.8, 4) is 0 Å². The first kappa shape index (κ1) is 22.4. The Morgan fingerprint density at radius 3 is 2.13 bits per heavy atom. The third-order valence-electron chi connectivity index (χ3n) is 4.54. The molecule has 0 radical (unpaired) electrons. The predicted octanol–water partition coefficient (Wildman–Crippen LogP) is 5.38.